The fourth-order valence-corrected chi connectivity index (χ4v) is 10.8. The summed E-state index contributed by atoms with van der Waals surface area (Å²) in [5, 5.41) is 24.3. The van der Waals surface area contributed by atoms with Crippen molar-refractivity contribution in [3.8, 4) is 5.75 Å². The van der Waals surface area contributed by atoms with E-state index in [9.17, 15) is 34.2 Å². The summed E-state index contributed by atoms with van der Waals surface area (Å²) in [5.41, 5.74) is -0.697. The maximum atomic E-state index is 14.7. The topological polar surface area (TPSA) is 126 Å². The Morgan fingerprint density at radius 2 is 1.62 bits per heavy atom. The molecule has 6 rings (SSSR count). The van der Waals surface area contributed by atoms with Gasteiger partial charge in [-0.3, -0.25) is 24.0 Å². The van der Waals surface area contributed by atoms with Gasteiger partial charge in [-0.1, -0.05) is 79.0 Å². The van der Waals surface area contributed by atoms with Gasteiger partial charge in [0.15, 0.2) is 28.7 Å². The number of hydrogen-bond acceptors (Lipinski definition) is 7. The maximum absolute atomic E-state index is 14.7. The van der Waals surface area contributed by atoms with Gasteiger partial charge in [0.2, 0.25) is 0 Å². The Balaban J connectivity index is 1.42. The van der Waals surface area contributed by atoms with E-state index in [1.807, 2.05) is 32.9 Å². The molecule has 0 aliphatic heterocycles. The standard InChI is InChI=1S/C41H52O7/c1-20(2)27-17-28(26-14-13-25(16-26)15-24-11-9-22(5)10-12-24)34(43)31-29(27)18-39(7)19-40(8)32(21(3)4)35(44)30(23(6)42)37(46)41(40,48)38(47)33(39)36(31)45/h13-14,17,20-22,24,30,32-33,43,48H,9-12,15-16,18-19H2,1-8H3/t22?,24?,30?,32?,33?,39-,40-,41+/m1/s1. The predicted octanol–water partition coefficient (Wildman–Crippen LogP) is 7.15. The number of Topliss-reactive ketones (excluding diaryl/α,β-unsaturated/α-hetero) is 5. The van der Waals surface area contributed by atoms with Crippen molar-refractivity contribution in [2.24, 2.45) is 46.3 Å². The highest BCUT2D eigenvalue weighted by Crippen LogP contribution is 2.64. The van der Waals surface area contributed by atoms with Gasteiger partial charge in [-0.15, -0.1) is 0 Å². The quantitative estimate of drug-likeness (QED) is 0.312. The molecule has 0 amide bonds. The number of rotatable bonds is 6. The number of benzene rings is 1. The molecule has 3 unspecified atom stereocenters. The third-order valence-electron chi connectivity index (χ3n) is 13.0. The highest BCUT2D eigenvalue weighted by Gasteiger charge is 2.76. The van der Waals surface area contributed by atoms with Gasteiger partial charge in [-0.05, 0) is 97.3 Å². The maximum Gasteiger partial charge on any atom is 0.190 e. The van der Waals surface area contributed by atoms with Crippen LogP contribution in [0.1, 0.15) is 133 Å². The number of hydrogen-bond donors (Lipinski definition) is 2. The molecule has 6 atom stereocenters. The van der Waals surface area contributed by atoms with Gasteiger partial charge in [0.1, 0.15) is 17.5 Å². The molecule has 2 N–H and O–H groups in total. The Hall–Kier alpha value is -3.19. The molecule has 5 aliphatic rings. The number of carbonyl (C=O) groups is 5. The summed E-state index contributed by atoms with van der Waals surface area (Å²) < 4.78 is 0. The van der Waals surface area contributed by atoms with Crippen molar-refractivity contribution in [1.29, 1.82) is 0 Å². The molecule has 258 valence electrons. The zero-order valence-electron chi connectivity index (χ0n) is 29.9. The molecule has 48 heavy (non-hydrogen) atoms. The fourth-order valence-electron chi connectivity index (χ4n) is 10.8. The van der Waals surface area contributed by atoms with Crippen molar-refractivity contribution in [1.82, 2.24) is 0 Å². The van der Waals surface area contributed by atoms with Gasteiger partial charge in [0.05, 0.1) is 11.5 Å². The third kappa shape index (κ3) is 4.88. The number of aromatic hydroxyl groups is 1. The Morgan fingerprint density at radius 3 is 2.21 bits per heavy atom. The summed E-state index contributed by atoms with van der Waals surface area (Å²) in [6.07, 6.45) is 11.2. The lowest BCUT2D eigenvalue weighted by molar-refractivity contribution is -0.205. The minimum atomic E-state index is -2.69. The number of ketones is 5. The zero-order valence-corrected chi connectivity index (χ0v) is 29.9. The Kier molecular flexibility index (Phi) is 8.46. The summed E-state index contributed by atoms with van der Waals surface area (Å²) in [5.74, 6) is -7.15. The van der Waals surface area contributed by atoms with Gasteiger partial charge < -0.3 is 10.2 Å². The molecule has 3 fully saturated rings. The smallest absolute Gasteiger partial charge is 0.190 e. The van der Waals surface area contributed by atoms with E-state index in [1.54, 1.807) is 20.8 Å². The van der Waals surface area contributed by atoms with E-state index in [4.69, 9.17) is 0 Å². The second-order valence-electron chi connectivity index (χ2n) is 17.2. The Morgan fingerprint density at radius 1 is 0.979 bits per heavy atom. The van der Waals surface area contributed by atoms with Crippen molar-refractivity contribution in [2.75, 3.05) is 0 Å². The van der Waals surface area contributed by atoms with Gasteiger partial charge in [0, 0.05) is 16.9 Å². The third-order valence-corrected chi connectivity index (χ3v) is 13.0. The molecule has 0 spiro atoms. The van der Waals surface area contributed by atoms with Crippen LogP contribution in [0.2, 0.25) is 0 Å². The average Bonchev–Trinajstić information content (AvgIpc) is 3.43. The summed E-state index contributed by atoms with van der Waals surface area (Å²) in [6, 6.07) is 2.01. The molecule has 0 bridgehead atoms. The van der Waals surface area contributed by atoms with Gasteiger partial charge in [-0.2, -0.15) is 0 Å². The molecule has 5 aliphatic carbocycles. The molecule has 1 aromatic rings. The highest BCUT2D eigenvalue weighted by molar-refractivity contribution is 6.32. The van der Waals surface area contributed by atoms with Crippen molar-refractivity contribution in [2.45, 2.75) is 118 Å². The van der Waals surface area contributed by atoms with E-state index in [1.165, 1.54) is 31.3 Å². The molecule has 3 saturated carbocycles. The molecule has 1 aromatic carbocycles. The number of phenolic OH excluding ortho intramolecular Hbond substituents is 1. The van der Waals surface area contributed by atoms with Crippen molar-refractivity contribution >= 4 is 34.5 Å². The minimum Gasteiger partial charge on any atom is -0.507 e. The van der Waals surface area contributed by atoms with E-state index in [2.05, 4.69) is 13.0 Å². The fraction of sp³-hybridized carbons (Fsp3) is 0.634. The van der Waals surface area contributed by atoms with Crippen LogP contribution in [0, 0.1) is 46.3 Å². The first-order chi connectivity index (χ1) is 22.4. The van der Waals surface area contributed by atoms with Crippen LogP contribution in [-0.4, -0.2) is 44.7 Å². The van der Waals surface area contributed by atoms with Crippen molar-refractivity contribution in [3.05, 3.63) is 46.0 Å². The van der Waals surface area contributed by atoms with Gasteiger partial charge in [-0.25, -0.2) is 0 Å². The molecule has 0 aromatic heterocycles. The Labute approximate surface area is 284 Å². The van der Waals surface area contributed by atoms with Crippen molar-refractivity contribution in [3.63, 3.8) is 0 Å². The predicted molar refractivity (Wildman–Crippen MR) is 183 cm³/mol. The lowest BCUT2D eigenvalue weighted by Crippen LogP contribution is -2.76. The SMILES string of the molecule is CC(=O)C1C(=O)C(C(C)C)[C@@]2(C)C[C@@]3(C)Cc4c(C(C)C)cc(C5=CC=C(CC6CCC(C)CC6)C5)c(O)c4C(=O)C3C(=O)[C@@]2(O)C1=O. The molecule has 0 radical (unpaired) electrons. The van der Waals surface area contributed by atoms with Crippen LogP contribution in [-0.2, 0) is 25.6 Å². The summed E-state index contributed by atoms with van der Waals surface area (Å²) in [6.45, 7) is 14.6. The first-order valence-electron chi connectivity index (χ1n) is 18.0. The summed E-state index contributed by atoms with van der Waals surface area (Å²) >= 11 is 0. The van der Waals surface area contributed by atoms with Crippen LogP contribution < -0.4 is 0 Å². The highest BCUT2D eigenvalue weighted by atomic mass is 16.3. The molecule has 0 heterocycles. The van der Waals surface area contributed by atoms with Gasteiger partial charge in [0.25, 0.3) is 0 Å². The van der Waals surface area contributed by atoms with E-state index in [-0.39, 0.29) is 36.0 Å². The lowest BCUT2D eigenvalue weighted by atomic mass is 9.39. The largest absolute Gasteiger partial charge is 0.507 e. The lowest BCUT2D eigenvalue weighted by Gasteiger charge is -2.62. The van der Waals surface area contributed by atoms with Crippen molar-refractivity contribution < 1.29 is 34.2 Å². The van der Waals surface area contributed by atoms with E-state index in [0.717, 1.165) is 30.4 Å². The van der Waals surface area contributed by atoms with Gasteiger partial charge >= 0.3 is 0 Å². The van der Waals surface area contributed by atoms with Crippen LogP contribution in [0.3, 0.4) is 0 Å². The molecule has 7 heteroatoms. The number of carbonyl (C=O) groups excluding carboxylic acids is 5. The molecule has 7 nitrogen and oxygen atoms in total. The van der Waals surface area contributed by atoms with Crippen LogP contribution in [0.15, 0.2) is 23.8 Å². The van der Waals surface area contributed by atoms with E-state index in [0.29, 0.717) is 23.5 Å². The summed E-state index contributed by atoms with van der Waals surface area (Å²) in [4.78, 5) is 69.9. The number of aliphatic hydroxyl groups is 1. The second kappa shape index (κ2) is 11.7. The number of fused-ring (bicyclic) bond motifs is 3. The normalized spacial score (nSPS) is 36.5. The zero-order chi connectivity index (χ0) is 35.2. The Bertz CT molecular complexity index is 1680. The molecule has 0 saturated heterocycles. The minimum absolute atomic E-state index is 0.00842. The first kappa shape index (κ1) is 34.7. The number of phenols is 1. The van der Waals surface area contributed by atoms with E-state index >= 15 is 0 Å². The van der Waals surface area contributed by atoms with Crippen LogP contribution in [0.25, 0.3) is 5.57 Å². The monoisotopic (exact) mass is 656 g/mol. The summed E-state index contributed by atoms with van der Waals surface area (Å²) in [7, 11) is 0. The molecular weight excluding hydrogens is 604 g/mol. The first-order valence-corrected chi connectivity index (χ1v) is 18.0. The number of allylic oxidation sites excluding steroid dienone is 4. The second-order valence-corrected chi connectivity index (χ2v) is 17.2. The van der Waals surface area contributed by atoms with Crippen LogP contribution in [0.4, 0.5) is 0 Å². The van der Waals surface area contributed by atoms with Crippen LogP contribution in [0.5, 0.6) is 5.75 Å². The average molecular weight is 657 g/mol. The van der Waals surface area contributed by atoms with Crippen LogP contribution >= 0.6 is 0 Å². The van der Waals surface area contributed by atoms with E-state index < -0.39 is 63.1 Å². The molecular formula is C41H52O7.